The van der Waals surface area contributed by atoms with E-state index in [0.29, 0.717) is 18.7 Å². The zero-order chi connectivity index (χ0) is 22.0. The average molecular weight is 474 g/mol. The fraction of sp³-hybridized carbons (Fsp3) is 0.565. The molecular formula is C23H28ClN5O2S. The number of likely N-dealkylation sites (tertiary alicyclic amines) is 1. The maximum Gasteiger partial charge on any atom is 0.152 e. The monoisotopic (exact) mass is 473 g/mol. The lowest BCUT2D eigenvalue weighted by atomic mass is 9.81. The maximum atomic E-state index is 10.4. The third kappa shape index (κ3) is 3.62. The minimum absolute atomic E-state index is 0.321. The molecule has 2 aliphatic heterocycles. The van der Waals surface area contributed by atoms with Crippen LogP contribution in [0.3, 0.4) is 0 Å². The topological polar surface area (TPSA) is 74.9 Å². The van der Waals surface area contributed by atoms with Crippen molar-refractivity contribution < 1.29 is 9.84 Å². The number of halogens is 1. The van der Waals surface area contributed by atoms with E-state index in [1.807, 2.05) is 23.7 Å². The molecule has 6 rings (SSSR count). The molecule has 1 spiro atoms. The highest BCUT2D eigenvalue weighted by Gasteiger charge is 2.46. The average Bonchev–Trinajstić information content (AvgIpc) is 3.31. The number of aryl methyl sites for hydroxylation is 1. The van der Waals surface area contributed by atoms with Crippen molar-refractivity contribution in [3.05, 3.63) is 44.5 Å². The van der Waals surface area contributed by atoms with Crippen molar-refractivity contribution in [1.82, 2.24) is 19.5 Å². The first-order chi connectivity index (χ1) is 15.4. The summed E-state index contributed by atoms with van der Waals surface area (Å²) in [7, 11) is 0. The van der Waals surface area contributed by atoms with Gasteiger partial charge in [-0.25, -0.2) is 9.50 Å². The van der Waals surface area contributed by atoms with E-state index in [0.717, 1.165) is 63.4 Å². The van der Waals surface area contributed by atoms with Gasteiger partial charge in [-0.15, -0.1) is 11.3 Å². The summed E-state index contributed by atoms with van der Waals surface area (Å²) in [5.74, 6) is 0.938. The molecule has 2 fully saturated rings. The van der Waals surface area contributed by atoms with E-state index in [-0.39, 0.29) is 5.60 Å². The molecular weight excluding hydrogens is 446 g/mol. The van der Waals surface area contributed by atoms with Crippen molar-refractivity contribution in [3.8, 4) is 0 Å². The summed E-state index contributed by atoms with van der Waals surface area (Å²) in [4.78, 5) is 8.30. The van der Waals surface area contributed by atoms with Crippen molar-refractivity contribution in [3.63, 3.8) is 0 Å². The Morgan fingerprint density at radius 3 is 3.00 bits per heavy atom. The molecule has 3 aliphatic rings. The number of ether oxygens (including phenoxy) is 1. The van der Waals surface area contributed by atoms with Gasteiger partial charge in [0.25, 0.3) is 0 Å². The predicted molar refractivity (Wildman–Crippen MR) is 125 cm³/mol. The second-order valence-corrected chi connectivity index (χ2v) is 11.2. The van der Waals surface area contributed by atoms with Crippen LogP contribution in [0.2, 0.25) is 4.34 Å². The van der Waals surface area contributed by atoms with Gasteiger partial charge in [0, 0.05) is 35.6 Å². The molecule has 1 aliphatic carbocycles. The molecule has 32 heavy (non-hydrogen) atoms. The van der Waals surface area contributed by atoms with Crippen LogP contribution in [0.15, 0.2) is 18.3 Å². The van der Waals surface area contributed by atoms with Crippen LogP contribution >= 0.6 is 22.9 Å². The minimum atomic E-state index is -0.582. The highest BCUT2D eigenvalue weighted by Crippen LogP contribution is 2.50. The SMILES string of the molecule is Cc1cn2nc(CN3CCC4(C[C@@H]3C)OCC(O)c3cc(Cl)sc34)cc2c(NC2CC2)n1. The Morgan fingerprint density at radius 1 is 1.38 bits per heavy atom. The first kappa shape index (κ1) is 20.9. The lowest BCUT2D eigenvalue weighted by Gasteiger charge is -2.47. The molecule has 7 nitrogen and oxygen atoms in total. The van der Waals surface area contributed by atoms with Gasteiger partial charge >= 0.3 is 0 Å². The molecule has 3 atom stereocenters. The van der Waals surface area contributed by atoms with E-state index in [4.69, 9.17) is 26.4 Å². The van der Waals surface area contributed by atoms with Gasteiger partial charge in [-0.05, 0) is 51.7 Å². The Morgan fingerprint density at radius 2 is 2.22 bits per heavy atom. The van der Waals surface area contributed by atoms with E-state index >= 15 is 0 Å². The van der Waals surface area contributed by atoms with E-state index in [1.54, 1.807) is 11.3 Å². The summed E-state index contributed by atoms with van der Waals surface area (Å²) >= 11 is 7.86. The molecule has 0 radical (unpaired) electrons. The van der Waals surface area contributed by atoms with Crippen molar-refractivity contribution in [2.45, 2.75) is 69.9 Å². The number of hydrogen-bond donors (Lipinski definition) is 2. The molecule has 1 saturated heterocycles. The molecule has 0 bridgehead atoms. The number of aromatic nitrogens is 3. The predicted octanol–water partition coefficient (Wildman–Crippen LogP) is 4.27. The fourth-order valence-electron chi connectivity index (χ4n) is 5.17. The number of aliphatic hydroxyl groups excluding tert-OH is 1. The van der Waals surface area contributed by atoms with Gasteiger partial charge in [0.05, 0.1) is 28.5 Å². The summed E-state index contributed by atoms with van der Waals surface area (Å²) in [6.45, 7) is 6.30. The molecule has 1 saturated carbocycles. The fourth-order valence-corrected chi connectivity index (χ4v) is 6.64. The van der Waals surface area contributed by atoms with E-state index < -0.39 is 6.10 Å². The number of nitrogens with zero attached hydrogens (tertiary/aromatic N) is 4. The van der Waals surface area contributed by atoms with E-state index in [1.165, 1.54) is 12.8 Å². The third-order valence-electron chi connectivity index (χ3n) is 6.98. The molecule has 9 heteroatoms. The summed E-state index contributed by atoms with van der Waals surface area (Å²) in [6.07, 6.45) is 5.61. The highest BCUT2D eigenvalue weighted by atomic mass is 35.5. The maximum absolute atomic E-state index is 10.4. The zero-order valence-electron chi connectivity index (χ0n) is 18.3. The van der Waals surface area contributed by atoms with E-state index in [2.05, 4.69) is 23.2 Å². The molecule has 0 amide bonds. The van der Waals surface area contributed by atoms with Gasteiger partial charge < -0.3 is 15.2 Å². The minimum Gasteiger partial charge on any atom is -0.386 e. The Bertz CT molecular complexity index is 1170. The van der Waals surface area contributed by atoms with Gasteiger partial charge in [-0.3, -0.25) is 4.90 Å². The molecule has 3 aromatic heterocycles. The number of piperidine rings is 1. The summed E-state index contributed by atoms with van der Waals surface area (Å²) in [6, 6.07) is 4.95. The van der Waals surface area contributed by atoms with Crippen molar-refractivity contribution >= 4 is 34.3 Å². The van der Waals surface area contributed by atoms with Crippen LogP contribution in [0.4, 0.5) is 5.82 Å². The highest BCUT2D eigenvalue weighted by molar-refractivity contribution is 7.16. The van der Waals surface area contributed by atoms with Crippen LogP contribution in [0.25, 0.3) is 5.52 Å². The van der Waals surface area contributed by atoms with Crippen molar-refractivity contribution in [2.75, 3.05) is 18.5 Å². The molecule has 2 unspecified atom stereocenters. The number of thiophene rings is 1. The molecule has 2 N–H and O–H groups in total. The molecule has 3 aromatic rings. The normalized spacial score (nSPS) is 28.4. The summed E-state index contributed by atoms with van der Waals surface area (Å²) in [5, 5.41) is 18.8. The van der Waals surface area contributed by atoms with Crippen LogP contribution in [0, 0.1) is 6.92 Å². The van der Waals surface area contributed by atoms with Gasteiger partial charge in [0.15, 0.2) is 5.82 Å². The molecule has 5 heterocycles. The van der Waals surface area contributed by atoms with Crippen molar-refractivity contribution in [2.24, 2.45) is 0 Å². The second-order valence-electron chi connectivity index (χ2n) is 9.54. The van der Waals surface area contributed by atoms with E-state index in [9.17, 15) is 5.11 Å². The molecule has 0 aromatic carbocycles. The first-order valence-electron chi connectivity index (χ1n) is 11.4. The van der Waals surface area contributed by atoms with Gasteiger partial charge in [-0.2, -0.15) is 5.10 Å². The Kier molecular flexibility index (Phi) is 5.00. The smallest absolute Gasteiger partial charge is 0.152 e. The lowest BCUT2D eigenvalue weighted by Crippen LogP contribution is -2.50. The van der Waals surface area contributed by atoms with Crippen LogP contribution in [0.5, 0.6) is 0 Å². The number of aliphatic hydroxyl groups is 1. The zero-order valence-corrected chi connectivity index (χ0v) is 19.9. The Hall–Kier alpha value is -1.71. The third-order valence-corrected chi connectivity index (χ3v) is 8.45. The molecule has 170 valence electrons. The van der Waals surface area contributed by atoms with Crippen LogP contribution in [0.1, 0.15) is 60.5 Å². The van der Waals surface area contributed by atoms with Crippen LogP contribution in [-0.4, -0.2) is 49.8 Å². The number of rotatable bonds is 4. The summed E-state index contributed by atoms with van der Waals surface area (Å²) < 4.78 is 8.97. The number of hydrogen-bond acceptors (Lipinski definition) is 7. The number of nitrogens with one attached hydrogen (secondary N) is 1. The largest absolute Gasteiger partial charge is 0.386 e. The van der Waals surface area contributed by atoms with Gasteiger partial charge in [-0.1, -0.05) is 11.6 Å². The Balaban J connectivity index is 1.22. The first-order valence-corrected chi connectivity index (χ1v) is 12.6. The number of fused-ring (bicyclic) bond motifs is 3. The van der Waals surface area contributed by atoms with Crippen LogP contribution < -0.4 is 5.32 Å². The van der Waals surface area contributed by atoms with Gasteiger partial charge in [0.2, 0.25) is 0 Å². The standard InChI is InChI=1S/C23H28ClN5O2S/c1-13-10-29-18(22(25-13)26-15-3-4-15)7-16(27-29)11-28-6-5-23(9-14(28)2)21-17(8-20(24)32-21)19(30)12-31-23/h7-8,10,14-15,19,30H,3-6,9,11-12H2,1-2H3,(H,25,26)/t14-,19?,23?/m0/s1. The quantitative estimate of drug-likeness (QED) is 0.589. The summed E-state index contributed by atoms with van der Waals surface area (Å²) in [5.41, 5.74) is 3.67. The van der Waals surface area contributed by atoms with Crippen LogP contribution in [-0.2, 0) is 16.9 Å². The lowest BCUT2D eigenvalue weighted by molar-refractivity contribution is -0.139. The van der Waals surface area contributed by atoms with Crippen molar-refractivity contribution in [1.29, 1.82) is 0 Å². The Labute approximate surface area is 196 Å². The van der Waals surface area contributed by atoms with Gasteiger partial charge in [0.1, 0.15) is 17.2 Å². The second kappa shape index (κ2) is 7.67. The number of anilines is 1.